The Morgan fingerprint density at radius 2 is 1.32 bits per heavy atom. The standard InChI is InChI=1S/C28H39N3O3/c32-26(29-16-8-1-2-9-17-29)22-14-18-30(19-15-22)28(34)25-20-23-12-6-7-13-24(23)31(25)27(33)21-10-4-3-5-11-21/h3-5,10-11,22-25H,1-2,6-9,12-20H2. The van der Waals surface area contributed by atoms with Crippen molar-refractivity contribution in [3.05, 3.63) is 35.9 Å². The van der Waals surface area contributed by atoms with Crippen LogP contribution in [0.2, 0.25) is 0 Å². The summed E-state index contributed by atoms with van der Waals surface area (Å²) >= 11 is 0. The highest BCUT2D eigenvalue weighted by Crippen LogP contribution is 2.41. The molecular formula is C28H39N3O3. The van der Waals surface area contributed by atoms with Crippen LogP contribution in [0.1, 0.15) is 81.0 Å². The van der Waals surface area contributed by atoms with Gasteiger partial charge in [0.25, 0.3) is 5.91 Å². The fraction of sp³-hybridized carbons (Fsp3) is 0.679. The number of benzene rings is 1. The van der Waals surface area contributed by atoms with Gasteiger partial charge in [0.1, 0.15) is 6.04 Å². The molecule has 34 heavy (non-hydrogen) atoms. The van der Waals surface area contributed by atoms with Crippen LogP contribution in [0.15, 0.2) is 30.3 Å². The van der Waals surface area contributed by atoms with Crippen molar-refractivity contribution >= 4 is 17.7 Å². The Bertz CT molecular complexity index is 872. The van der Waals surface area contributed by atoms with E-state index in [2.05, 4.69) is 4.90 Å². The van der Waals surface area contributed by atoms with Gasteiger partial charge in [-0.25, -0.2) is 0 Å². The van der Waals surface area contributed by atoms with Crippen molar-refractivity contribution in [1.82, 2.24) is 14.7 Å². The van der Waals surface area contributed by atoms with E-state index in [1.54, 1.807) is 0 Å². The van der Waals surface area contributed by atoms with Crippen molar-refractivity contribution in [2.45, 2.75) is 82.7 Å². The highest BCUT2D eigenvalue weighted by Gasteiger charge is 2.49. The van der Waals surface area contributed by atoms with Crippen LogP contribution in [-0.2, 0) is 9.59 Å². The number of nitrogens with zero attached hydrogens (tertiary/aromatic N) is 3. The van der Waals surface area contributed by atoms with E-state index in [4.69, 9.17) is 0 Å². The molecule has 184 valence electrons. The lowest BCUT2D eigenvalue weighted by Gasteiger charge is -2.38. The Morgan fingerprint density at radius 1 is 0.676 bits per heavy atom. The molecule has 1 saturated carbocycles. The summed E-state index contributed by atoms with van der Waals surface area (Å²) in [6, 6.07) is 9.25. The average molecular weight is 466 g/mol. The zero-order chi connectivity index (χ0) is 23.5. The average Bonchev–Trinajstić information content (AvgIpc) is 3.06. The van der Waals surface area contributed by atoms with E-state index in [1.165, 1.54) is 19.3 Å². The lowest BCUT2D eigenvalue weighted by atomic mass is 9.84. The quantitative estimate of drug-likeness (QED) is 0.675. The number of amides is 3. The maximum Gasteiger partial charge on any atom is 0.254 e. The lowest BCUT2D eigenvalue weighted by molar-refractivity contribution is -0.142. The second-order valence-corrected chi connectivity index (χ2v) is 10.8. The maximum atomic E-state index is 13.8. The van der Waals surface area contributed by atoms with Gasteiger partial charge in [0.2, 0.25) is 11.8 Å². The third-order valence-corrected chi connectivity index (χ3v) is 8.70. The number of rotatable bonds is 3. The number of carbonyl (C=O) groups excluding carboxylic acids is 3. The summed E-state index contributed by atoms with van der Waals surface area (Å²) in [6.07, 6.45) is 11.4. The van der Waals surface area contributed by atoms with Gasteiger partial charge in [-0.15, -0.1) is 0 Å². The van der Waals surface area contributed by atoms with Gasteiger partial charge in [0, 0.05) is 43.7 Å². The van der Waals surface area contributed by atoms with E-state index in [0.29, 0.717) is 30.5 Å². The van der Waals surface area contributed by atoms with Crippen molar-refractivity contribution in [3.63, 3.8) is 0 Å². The number of carbonyl (C=O) groups is 3. The minimum atomic E-state index is -0.362. The summed E-state index contributed by atoms with van der Waals surface area (Å²) in [7, 11) is 0. The van der Waals surface area contributed by atoms with Crippen LogP contribution < -0.4 is 0 Å². The van der Waals surface area contributed by atoms with Gasteiger partial charge < -0.3 is 14.7 Å². The van der Waals surface area contributed by atoms with Crippen LogP contribution in [-0.4, -0.2) is 70.7 Å². The van der Waals surface area contributed by atoms with Crippen LogP contribution in [0.5, 0.6) is 0 Å². The zero-order valence-corrected chi connectivity index (χ0v) is 20.4. The van der Waals surface area contributed by atoms with Gasteiger partial charge in [0.05, 0.1) is 0 Å². The molecule has 0 radical (unpaired) electrons. The molecule has 1 aromatic rings. The molecular weight excluding hydrogens is 426 g/mol. The van der Waals surface area contributed by atoms with E-state index >= 15 is 0 Å². The molecule has 3 unspecified atom stereocenters. The largest absolute Gasteiger partial charge is 0.342 e. The smallest absolute Gasteiger partial charge is 0.254 e. The molecule has 6 nitrogen and oxygen atoms in total. The number of hydrogen-bond donors (Lipinski definition) is 0. The normalized spacial score (nSPS) is 28.4. The summed E-state index contributed by atoms with van der Waals surface area (Å²) in [5.41, 5.74) is 0.674. The van der Waals surface area contributed by atoms with E-state index in [-0.39, 0.29) is 29.8 Å². The monoisotopic (exact) mass is 465 g/mol. The third kappa shape index (κ3) is 4.73. The van der Waals surface area contributed by atoms with E-state index in [9.17, 15) is 14.4 Å². The highest BCUT2D eigenvalue weighted by atomic mass is 16.2. The van der Waals surface area contributed by atoms with Crippen LogP contribution in [0.25, 0.3) is 0 Å². The van der Waals surface area contributed by atoms with Crippen molar-refractivity contribution in [2.75, 3.05) is 26.2 Å². The first-order valence-corrected chi connectivity index (χ1v) is 13.6. The van der Waals surface area contributed by atoms with Crippen molar-refractivity contribution < 1.29 is 14.4 Å². The summed E-state index contributed by atoms with van der Waals surface area (Å²) in [6.45, 7) is 3.03. The summed E-state index contributed by atoms with van der Waals surface area (Å²) in [5.74, 6) is 0.855. The highest BCUT2D eigenvalue weighted by molar-refractivity contribution is 5.98. The fourth-order valence-corrected chi connectivity index (χ4v) is 6.81. The zero-order valence-electron chi connectivity index (χ0n) is 20.4. The first kappa shape index (κ1) is 23.4. The minimum absolute atomic E-state index is 0.000391. The second-order valence-electron chi connectivity index (χ2n) is 10.8. The van der Waals surface area contributed by atoms with Crippen LogP contribution >= 0.6 is 0 Å². The molecule has 6 heteroatoms. The molecule has 0 N–H and O–H groups in total. The molecule has 3 heterocycles. The fourth-order valence-electron chi connectivity index (χ4n) is 6.81. The predicted molar refractivity (Wildman–Crippen MR) is 131 cm³/mol. The summed E-state index contributed by atoms with van der Waals surface area (Å²) < 4.78 is 0. The van der Waals surface area contributed by atoms with Gasteiger partial charge in [-0.2, -0.15) is 0 Å². The molecule has 4 aliphatic rings. The molecule has 5 rings (SSSR count). The topological polar surface area (TPSA) is 60.9 Å². The molecule has 3 amide bonds. The van der Waals surface area contributed by atoms with Crippen molar-refractivity contribution in [3.8, 4) is 0 Å². The van der Waals surface area contributed by atoms with Crippen molar-refractivity contribution in [1.29, 1.82) is 0 Å². The number of fused-ring (bicyclic) bond motifs is 1. The van der Waals surface area contributed by atoms with Crippen LogP contribution in [0.4, 0.5) is 0 Å². The molecule has 0 spiro atoms. The number of piperidine rings is 1. The summed E-state index contributed by atoms with van der Waals surface area (Å²) in [4.78, 5) is 46.3. The van der Waals surface area contributed by atoms with Crippen LogP contribution in [0, 0.1) is 11.8 Å². The molecule has 0 bridgehead atoms. The molecule has 4 fully saturated rings. The van der Waals surface area contributed by atoms with E-state index < -0.39 is 0 Å². The van der Waals surface area contributed by atoms with Crippen LogP contribution in [0.3, 0.4) is 0 Å². The summed E-state index contributed by atoms with van der Waals surface area (Å²) in [5, 5.41) is 0. The van der Waals surface area contributed by atoms with E-state index in [0.717, 1.165) is 64.5 Å². The van der Waals surface area contributed by atoms with Crippen molar-refractivity contribution in [2.24, 2.45) is 11.8 Å². The Hall–Kier alpha value is -2.37. The van der Waals surface area contributed by atoms with Gasteiger partial charge in [-0.3, -0.25) is 14.4 Å². The Balaban J connectivity index is 1.25. The molecule has 3 saturated heterocycles. The predicted octanol–water partition coefficient (Wildman–Crippen LogP) is 4.10. The number of hydrogen-bond acceptors (Lipinski definition) is 3. The third-order valence-electron chi connectivity index (χ3n) is 8.70. The Morgan fingerprint density at radius 3 is 2.03 bits per heavy atom. The first-order valence-electron chi connectivity index (χ1n) is 13.6. The SMILES string of the molecule is O=C(C1CCN(C(=O)C2CC3CCCCC3N2C(=O)c2ccccc2)CC1)N1CCCCCC1. The van der Waals surface area contributed by atoms with Gasteiger partial charge in [0.15, 0.2) is 0 Å². The molecule has 1 aliphatic carbocycles. The Labute approximate surface area is 203 Å². The van der Waals surface area contributed by atoms with Gasteiger partial charge in [-0.1, -0.05) is 43.9 Å². The second kappa shape index (κ2) is 10.5. The van der Waals surface area contributed by atoms with E-state index in [1.807, 2.05) is 40.1 Å². The Kier molecular flexibility index (Phi) is 7.21. The van der Waals surface area contributed by atoms with Gasteiger partial charge in [-0.05, 0) is 63.0 Å². The molecule has 0 aromatic heterocycles. The molecule has 3 atom stereocenters. The van der Waals surface area contributed by atoms with Gasteiger partial charge >= 0.3 is 0 Å². The maximum absolute atomic E-state index is 13.8. The lowest BCUT2D eigenvalue weighted by Crippen LogP contribution is -2.53. The number of likely N-dealkylation sites (tertiary alicyclic amines) is 3. The molecule has 3 aliphatic heterocycles. The molecule has 1 aromatic carbocycles. The first-order chi connectivity index (χ1) is 16.6. The minimum Gasteiger partial charge on any atom is -0.342 e.